The molecule has 0 aliphatic carbocycles. The first-order chi connectivity index (χ1) is 9.08. The smallest absolute Gasteiger partial charge is 0.224 e. The van der Waals surface area contributed by atoms with Gasteiger partial charge in [-0.1, -0.05) is 12.1 Å². The molecule has 2 aromatic rings. The summed E-state index contributed by atoms with van der Waals surface area (Å²) in [5.74, 6) is 0.721. The molecule has 1 heterocycles. The Kier molecular flexibility index (Phi) is 4.16. The summed E-state index contributed by atoms with van der Waals surface area (Å²) >= 11 is 5.88. The van der Waals surface area contributed by atoms with Crippen LogP contribution in [0.2, 0.25) is 5.28 Å². The fourth-order valence-corrected chi connectivity index (χ4v) is 1.87. The highest BCUT2D eigenvalue weighted by molar-refractivity contribution is 6.28. The molecule has 0 saturated carbocycles. The molecule has 19 heavy (non-hydrogen) atoms. The van der Waals surface area contributed by atoms with Gasteiger partial charge < -0.3 is 10.2 Å². The number of fused-ring (bicyclic) bond motifs is 1. The Balaban J connectivity index is 2.14. The molecular weight excluding hydrogens is 264 g/mol. The highest BCUT2D eigenvalue weighted by Gasteiger charge is 2.07. The van der Waals surface area contributed by atoms with Gasteiger partial charge in [0.15, 0.2) is 0 Å². The molecule has 0 bridgehead atoms. The van der Waals surface area contributed by atoms with Crippen LogP contribution in [-0.2, 0) is 4.79 Å². The molecule has 1 amide bonds. The Labute approximate surface area is 116 Å². The molecule has 100 valence electrons. The van der Waals surface area contributed by atoms with Crippen molar-refractivity contribution < 1.29 is 4.79 Å². The SMILES string of the molecule is CN(C)C(=O)CCNc1nc(Cl)nc2ccccc12. The normalized spacial score (nSPS) is 10.5. The summed E-state index contributed by atoms with van der Waals surface area (Å²) in [5.41, 5.74) is 0.781. The fraction of sp³-hybridized carbons (Fsp3) is 0.308. The lowest BCUT2D eigenvalue weighted by Crippen LogP contribution is -2.24. The summed E-state index contributed by atoms with van der Waals surface area (Å²) in [5, 5.41) is 4.22. The number of anilines is 1. The fourth-order valence-electron chi connectivity index (χ4n) is 1.69. The zero-order chi connectivity index (χ0) is 13.8. The standard InChI is InChI=1S/C13H15ClN4O/c1-18(2)11(19)7-8-15-12-9-5-3-4-6-10(9)16-13(14)17-12/h3-6H,7-8H2,1-2H3,(H,15,16,17). The molecule has 0 radical (unpaired) electrons. The third kappa shape index (κ3) is 3.32. The van der Waals surface area contributed by atoms with Gasteiger partial charge in [-0.15, -0.1) is 0 Å². The van der Waals surface area contributed by atoms with E-state index in [9.17, 15) is 4.79 Å². The number of rotatable bonds is 4. The van der Waals surface area contributed by atoms with Gasteiger partial charge in [0.2, 0.25) is 11.2 Å². The number of carbonyl (C=O) groups excluding carboxylic acids is 1. The topological polar surface area (TPSA) is 58.1 Å². The third-order valence-corrected chi connectivity index (χ3v) is 2.88. The maximum Gasteiger partial charge on any atom is 0.224 e. The van der Waals surface area contributed by atoms with Gasteiger partial charge in [0.25, 0.3) is 0 Å². The van der Waals surface area contributed by atoms with Crippen LogP contribution >= 0.6 is 11.6 Å². The number of hydrogen-bond donors (Lipinski definition) is 1. The number of halogens is 1. The van der Waals surface area contributed by atoms with Crippen LogP contribution in [0.25, 0.3) is 10.9 Å². The van der Waals surface area contributed by atoms with E-state index < -0.39 is 0 Å². The molecule has 1 N–H and O–H groups in total. The predicted molar refractivity (Wildman–Crippen MR) is 76.3 cm³/mol. The van der Waals surface area contributed by atoms with Crippen molar-refractivity contribution in [1.29, 1.82) is 0 Å². The number of nitrogens with one attached hydrogen (secondary N) is 1. The van der Waals surface area contributed by atoms with Gasteiger partial charge in [-0.2, -0.15) is 0 Å². The van der Waals surface area contributed by atoms with Crippen LogP contribution < -0.4 is 5.32 Å². The molecule has 5 nitrogen and oxygen atoms in total. The molecule has 2 rings (SSSR count). The van der Waals surface area contributed by atoms with Crippen molar-refractivity contribution in [2.45, 2.75) is 6.42 Å². The van der Waals surface area contributed by atoms with Gasteiger partial charge >= 0.3 is 0 Å². The monoisotopic (exact) mass is 278 g/mol. The number of aromatic nitrogens is 2. The van der Waals surface area contributed by atoms with E-state index in [-0.39, 0.29) is 11.2 Å². The van der Waals surface area contributed by atoms with Crippen molar-refractivity contribution in [3.63, 3.8) is 0 Å². The van der Waals surface area contributed by atoms with E-state index in [1.165, 1.54) is 0 Å². The summed E-state index contributed by atoms with van der Waals surface area (Å²) < 4.78 is 0. The van der Waals surface area contributed by atoms with Crippen LogP contribution in [0.5, 0.6) is 0 Å². The number of amides is 1. The number of hydrogen-bond acceptors (Lipinski definition) is 4. The second-order valence-electron chi connectivity index (χ2n) is 4.32. The molecule has 0 spiro atoms. The van der Waals surface area contributed by atoms with Crippen LogP contribution in [0, 0.1) is 0 Å². The Hall–Kier alpha value is -1.88. The van der Waals surface area contributed by atoms with Crippen molar-refractivity contribution in [2.75, 3.05) is 26.0 Å². The molecule has 0 unspecified atom stereocenters. The maximum atomic E-state index is 11.5. The highest BCUT2D eigenvalue weighted by Crippen LogP contribution is 2.21. The first-order valence-corrected chi connectivity index (χ1v) is 6.32. The van der Waals surface area contributed by atoms with Crippen LogP contribution in [-0.4, -0.2) is 41.4 Å². The Morgan fingerprint density at radius 3 is 2.79 bits per heavy atom. The van der Waals surface area contributed by atoms with Gasteiger partial charge in [-0.25, -0.2) is 9.97 Å². The van der Waals surface area contributed by atoms with Gasteiger partial charge in [-0.3, -0.25) is 4.79 Å². The van der Waals surface area contributed by atoms with E-state index >= 15 is 0 Å². The van der Waals surface area contributed by atoms with Crippen molar-refractivity contribution in [1.82, 2.24) is 14.9 Å². The minimum atomic E-state index is 0.0666. The Morgan fingerprint density at radius 2 is 2.05 bits per heavy atom. The maximum absolute atomic E-state index is 11.5. The molecule has 1 aromatic carbocycles. The molecule has 0 atom stereocenters. The van der Waals surface area contributed by atoms with Crippen molar-refractivity contribution >= 4 is 34.2 Å². The van der Waals surface area contributed by atoms with Crippen LogP contribution in [0.3, 0.4) is 0 Å². The minimum absolute atomic E-state index is 0.0666. The number of nitrogens with zero attached hydrogens (tertiary/aromatic N) is 3. The lowest BCUT2D eigenvalue weighted by Gasteiger charge is -2.12. The van der Waals surface area contributed by atoms with E-state index in [0.717, 1.165) is 10.9 Å². The lowest BCUT2D eigenvalue weighted by atomic mass is 10.2. The molecule has 0 fully saturated rings. The number of para-hydroxylation sites is 1. The summed E-state index contributed by atoms with van der Waals surface area (Å²) in [7, 11) is 3.47. The molecule has 0 aliphatic rings. The van der Waals surface area contributed by atoms with Crippen molar-refractivity contribution in [3.8, 4) is 0 Å². The quantitative estimate of drug-likeness (QED) is 0.871. The van der Waals surface area contributed by atoms with Gasteiger partial charge in [0.05, 0.1) is 5.52 Å². The van der Waals surface area contributed by atoms with Crippen LogP contribution in [0.1, 0.15) is 6.42 Å². The van der Waals surface area contributed by atoms with E-state index in [2.05, 4.69) is 15.3 Å². The molecule has 0 saturated heterocycles. The molecule has 6 heteroatoms. The summed E-state index contributed by atoms with van der Waals surface area (Å²) in [6.07, 6.45) is 0.406. The van der Waals surface area contributed by atoms with E-state index in [1.807, 2.05) is 24.3 Å². The molecule has 0 aliphatic heterocycles. The first-order valence-electron chi connectivity index (χ1n) is 5.94. The Morgan fingerprint density at radius 1 is 1.32 bits per heavy atom. The Bertz CT molecular complexity index is 600. The van der Waals surface area contributed by atoms with E-state index in [1.54, 1.807) is 19.0 Å². The largest absolute Gasteiger partial charge is 0.369 e. The van der Waals surface area contributed by atoms with Crippen LogP contribution in [0.15, 0.2) is 24.3 Å². The van der Waals surface area contributed by atoms with Gasteiger partial charge in [-0.05, 0) is 23.7 Å². The average Bonchev–Trinajstić information content (AvgIpc) is 2.38. The zero-order valence-corrected chi connectivity index (χ0v) is 11.6. The zero-order valence-electron chi connectivity index (χ0n) is 10.9. The second-order valence-corrected chi connectivity index (χ2v) is 4.66. The summed E-state index contributed by atoms with van der Waals surface area (Å²) in [4.78, 5) is 21.4. The van der Waals surface area contributed by atoms with Crippen molar-refractivity contribution in [3.05, 3.63) is 29.5 Å². The summed E-state index contributed by atoms with van der Waals surface area (Å²) in [6.45, 7) is 0.508. The van der Waals surface area contributed by atoms with E-state index in [0.29, 0.717) is 18.8 Å². The minimum Gasteiger partial charge on any atom is -0.369 e. The van der Waals surface area contributed by atoms with Crippen LogP contribution in [0.4, 0.5) is 5.82 Å². The van der Waals surface area contributed by atoms with E-state index in [4.69, 9.17) is 11.6 Å². The second kappa shape index (κ2) is 5.84. The number of benzene rings is 1. The first kappa shape index (κ1) is 13.5. The van der Waals surface area contributed by atoms with Gasteiger partial charge in [0.1, 0.15) is 5.82 Å². The number of carbonyl (C=O) groups is 1. The average molecular weight is 279 g/mol. The molecular formula is C13H15ClN4O. The predicted octanol–water partition coefficient (Wildman–Crippen LogP) is 2.17. The molecule has 1 aromatic heterocycles. The summed E-state index contributed by atoms with van der Waals surface area (Å²) in [6, 6.07) is 7.60. The lowest BCUT2D eigenvalue weighted by molar-refractivity contribution is -0.128. The van der Waals surface area contributed by atoms with Crippen molar-refractivity contribution in [2.24, 2.45) is 0 Å². The third-order valence-electron chi connectivity index (χ3n) is 2.71. The highest BCUT2D eigenvalue weighted by atomic mass is 35.5. The van der Waals surface area contributed by atoms with Gasteiger partial charge in [0, 0.05) is 32.4 Å².